The summed E-state index contributed by atoms with van der Waals surface area (Å²) in [5, 5.41) is -0.211. The fraction of sp³-hybridized carbons (Fsp3) is 0.920. The van der Waals surface area contributed by atoms with E-state index in [0.717, 1.165) is 44.9 Å². The zero-order chi connectivity index (χ0) is 23.9. The van der Waals surface area contributed by atoms with Crippen LogP contribution in [0.1, 0.15) is 84.5 Å². The molecule has 8 heteroatoms. The molecule has 0 spiro atoms. The zero-order valence-electron chi connectivity index (χ0n) is 20.4. The number of fused-ring (bicyclic) bond motifs is 1. The van der Waals surface area contributed by atoms with Gasteiger partial charge in [-0.2, -0.15) is 0 Å². The first-order chi connectivity index (χ1) is 15.6. The fourth-order valence-electron chi connectivity index (χ4n) is 7.40. The SMILES string of the molecule is CC(=O)N1C2CCC(C3CCC(S(C)(=O)=O)CC3)CC2N(C(=O)C2CCC(F)CC2)C[C@@H]1C. The first-order valence-electron chi connectivity index (χ1n) is 13.0. The van der Waals surface area contributed by atoms with Crippen LogP contribution in [-0.4, -0.2) is 72.4 Å². The van der Waals surface area contributed by atoms with E-state index in [1.54, 1.807) is 6.92 Å². The van der Waals surface area contributed by atoms with Gasteiger partial charge in [0.25, 0.3) is 0 Å². The third-order valence-electron chi connectivity index (χ3n) is 9.16. The van der Waals surface area contributed by atoms with Crippen molar-refractivity contribution in [2.24, 2.45) is 17.8 Å². The van der Waals surface area contributed by atoms with E-state index in [4.69, 9.17) is 0 Å². The van der Waals surface area contributed by atoms with E-state index in [-0.39, 0.29) is 41.1 Å². The third kappa shape index (κ3) is 5.25. The summed E-state index contributed by atoms with van der Waals surface area (Å²) < 4.78 is 37.6. The Morgan fingerprint density at radius 2 is 1.45 bits per heavy atom. The summed E-state index contributed by atoms with van der Waals surface area (Å²) in [6, 6.07) is 0.0652. The van der Waals surface area contributed by atoms with Gasteiger partial charge in [-0.3, -0.25) is 9.59 Å². The van der Waals surface area contributed by atoms with Gasteiger partial charge in [-0.15, -0.1) is 0 Å². The number of carbonyl (C=O) groups excluding carboxylic acids is 2. The summed E-state index contributed by atoms with van der Waals surface area (Å²) in [7, 11) is -2.98. The van der Waals surface area contributed by atoms with Gasteiger partial charge in [0.05, 0.1) is 17.3 Å². The van der Waals surface area contributed by atoms with Crippen LogP contribution in [-0.2, 0) is 19.4 Å². The molecule has 0 bridgehead atoms. The molecule has 4 rings (SSSR count). The minimum Gasteiger partial charge on any atom is -0.335 e. The first kappa shape index (κ1) is 24.9. The minimum absolute atomic E-state index is 0.00744. The fourth-order valence-corrected chi connectivity index (χ4v) is 8.53. The largest absolute Gasteiger partial charge is 0.335 e. The van der Waals surface area contributed by atoms with Crippen LogP contribution in [0.4, 0.5) is 4.39 Å². The Morgan fingerprint density at radius 3 is 2.03 bits per heavy atom. The van der Waals surface area contributed by atoms with Crippen molar-refractivity contribution in [3.8, 4) is 0 Å². The van der Waals surface area contributed by atoms with E-state index in [0.29, 0.717) is 44.1 Å². The average molecular weight is 485 g/mol. The summed E-state index contributed by atoms with van der Waals surface area (Å²) in [5.74, 6) is 1.10. The maximum Gasteiger partial charge on any atom is 0.226 e. The van der Waals surface area contributed by atoms with Gasteiger partial charge in [0.1, 0.15) is 16.0 Å². The highest BCUT2D eigenvalue weighted by atomic mass is 32.2. The Bertz CT molecular complexity index is 833. The molecule has 1 aliphatic heterocycles. The number of hydrogen-bond donors (Lipinski definition) is 0. The lowest BCUT2D eigenvalue weighted by Gasteiger charge is -2.55. The molecule has 4 atom stereocenters. The van der Waals surface area contributed by atoms with Crippen molar-refractivity contribution in [3.63, 3.8) is 0 Å². The van der Waals surface area contributed by atoms with E-state index in [1.807, 2.05) is 11.8 Å². The van der Waals surface area contributed by atoms with Gasteiger partial charge >= 0.3 is 0 Å². The van der Waals surface area contributed by atoms with Crippen LogP contribution in [0.5, 0.6) is 0 Å². The molecule has 188 valence electrons. The predicted molar refractivity (Wildman–Crippen MR) is 126 cm³/mol. The molecule has 1 heterocycles. The van der Waals surface area contributed by atoms with Crippen LogP contribution in [0.3, 0.4) is 0 Å². The molecule has 0 N–H and O–H groups in total. The molecule has 1 saturated heterocycles. The summed E-state index contributed by atoms with van der Waals surface area (Å²) in [6.45, 7) is 4.23. The van der Waals surface area contributed by atoms with Gasteiger partial charge in [-0.25, -0.2) is 12.8 Å². The normalized spacial score (nSPS) is 40.2. The van der Waals surface area contributed by atoms with Crippen molar-refractivity contribution < 1.29 is 22.4 Å². The number of carbonyl (C=O) groups is 2. The Labute approximate surface area is 198 Å². The van der Waals surface area contributed by atoms with E-state index in [1.165, 1.54) is 6.26 Å². The van der Waals surface area contributed by atoms with Crippen molar-refractivity contribution in [2.45, 2.75) is 114 Å². The molecule has 33 heavy (non-hydrogen) atoms. The highest BCUT2D eigenvalue weighted by Crippen LogP contribution is 2.44. The van der Waals surface area contributed by atoms with Gasteiger partial charge in [0.2, 0.25) is 11.8 Å². The monoisotopic (exact) mass is 484 g/mol. The predicted octanol–water partition coefficient (Wildman–Crippen LogP) is 3.73. The number of rotatable bonds is 3. The van der Waals surface area contributed by atoms with E-state index >= 15 is 0 Å². The lowest BCUT2D eigenvalue weighted by molar-refractivity contribution is -0.158. The summed E-state index contributed by atoms with van der Waals surface area (Å²) >= 11 is 0. The van der Waals surface area contributed by atoms with Gasteiger partial charge in [0.15, 0.2) is 0 Å². The summed E-state index contributed by atoms with van der Waals surface area (Å²) in [5.41, 5.74) is 0. The van der Waals surface area contributed by atoms with Crippen LogP contribution in [0, 0.1) is 17.8 Å². The smallest absolute Gasteiger partial charge is 0.226 e. The minimum atomic E-state index is -2.98. The Hall–Kier alpha value is -1.18. The Morgan fingerprint density at radius 1 is 0.848 bits per heavy atom. The van der Waals surface area contributed by atoms with E-state index < -0.39 is 16.0 Å². The zero-order valence-corrected chi connectivity index (χ0v) is 21.2. The van der Waals surface area contributed by atoms with Crippen molar-refractivity contribution in [1.82, 2.24) is 9.80 Å². The molecule has 4 aliphatic rings. The average Bonchev–Trinajstić information content (AvgIpc) is 2.77. The number of hydrogen-bond acceptors (Lipinski definition) is 4. The van der Waals surface area contributed by atoms with Crippen molar-refractivity contribution >= 4 is 21.7 Å². The van der Waals surface area contributed by atoms with Gasteiger partial charge < -0.3 is 9.80 Å². The molecule has 3 aliphatic carbocycles. The molecular weight excluding hydrogens is 443 g/mol. The first-order valence-corrected chi connectivity index (χ1v) is 14.9. The number of nitrogens with zero attached hydrogens (tertiary/aromatic N) is 2. The molecule has 3 unspecified atom stereocenters. The third-order valence-corrected chi connectivity index (χ3v) is 10.8. The molecule has 0 aromatic rings. The number of sulfone groups is 1. The molecule has 6 nitrogen and oxygen atoms in total. The lowest BCUT2D eigenvalue weighted by Crippen LogP contribution is -2.67. The van der Waals surface area contributed by atoms with Crippen LogP contribution < -0.4 is 0 Å². The Kier molecular flexibility index (Phi) is 7.42. The van der Waals surface area contributed by atoms with E-state index in [9.17, 15) is 22.4 Å². The lowest BCUT2D eigenvalue weighted by atomic mass is 9.69. The quantitative estimate of drug-likeness (QED) is 0.612. The Balaban J connectivity index is 1.49. The van der Waals surface area contributed by atoms with Gasteiger partial charge in [0, 0.05) is 31.7 Å². The number of halogens is 1. The molecule has 0 radical (unpaired) electrons. The highest BCUT2D eigenvalue weighted by molar-refractivity contribution is 7.91. The molecule has 0 aromatic carbocycles. The summed E-state index contributed by atoms with van der Waals surface area (Å²) in [6.07, 6.45) is 8.91. The second-order valence-corrected chi connectivity index (χ2v) is 13.6. The maximum atomic E-state index is 13.7. The van der Waals surface area contributed by atoms with Gasteiger partial charge in [-0.05, 0) is 89.4 Å². The second-order valence-electron chi connectivity index (χ2n) is 11.3. The van der Waals surface area contributed by atoms with Crippen LogP contribution >= 0.6 is 0 Å². The van der Waals surface area contributed by atoms with Gasteiger partial charge in [-0.1, -0.05) is 0 Å². The van der Waals surface area contributed by atoms with E-state index in [2.05, 4.69) is 4.90 Å². The van der Waals surface area contributed by atoms with Crippen LogP contribution in [0.2, 0.25) is 0 Å². The van der Waals surface area contributed by atoms with Crippen molar-refractivity contribution in [2.75, 3.05) is 12.8 Å². The maximum absolute atomic E-state index is 13.7. The number of alkyl halides is 1. The standard InChI is InChI=1S/C25H41FN2O4S/c1-16-15-27(25(30)19-4-9-21(26)10-5-19)24-14-20(8-13-23(24)28(16)17(2)29)18-6-11-22(12-7-18)33(3,31)32/h16,18-24H,4-15H2,1-3H3/t16-,18?,19?,20?,21?,22?,23?,24?/m0/s1. The van der Waals surface area contributed by atoms with Crippen LogP contribution in [0.25, 0.3) is 0 Å². The molecular formula is C25H41FN2O4S. The van der Waals surface area contributed by atoms with Crippen molar-refractivity contribution in [1.29, 1.82) is 0 Å². The molecule has 0 aromatic heterocycles. The highest BCUT2D eigenvalue weighted by Gasteiger charge is 2.48. The number of piperazine rings is 1. The molecule has 3 saturated carbocycles. The number of amides is 2. The topological polar surface area (TPSA) is 74.8 Å². The van der Waals surface area contributed by atoms with Crippen LogP contribution in [0.15, 0.2) is 0 Å². The molecule has 2 amide bonds. The molecule has 4 fully saturated rings. The van der Waals surface area contributed by atoms with Crippen molar-refractivity contribution in [3.05, 3.63) is 0 Å². The second kappa shape index (κ2) is 9.82. The summed E-state index contributed by atoms with van der Waals surface area (Å²) in [4.78, 5) is 30.2.